The van der Waals surface area contributed by atoms with Crippen LogP contribution in [-0.2, 0) is 0 Å². The van der Waals surface area contributed by atoms with E-state index in [0.29, 0.717) is 6.04 Å². The smallest absolute Gasteiger partial charge is 0.0541 e. The average Bonchev–Trinajstić information content (AvgIpc) is 2.62. The Morgan fingerprint density at radius 2 is 2.08 bits per heavy atom. The normalized spacial score (nSPS) is 28.7. The number of aromatic amines is 1. The van der Waals surface area contributed by atoms with Crippen LogP contribution >= 0.6 is 0 Å². The molecule has 0 aromatic carbocycles. The summed E-state index contributed by atoms with van der Waals surface area (Å²) in [6, 6.07) is 2.57. The molecule has 0 spiro atoms. The topological polar surface area (TPSA) is 48.0 Å². The Hall–Kier alpha value is -0.960. The van der Waals surface area contributed by atoms with Gasteiger partial charge in [0.05, 0.1) is 11.8 Å². The van der Waals surface area contributed by atoms with Gasteiger partial charge in [0.15, 0.2) is 0 Å². The minimum atomic E-state index is -0.0655. The zero-order valence-corrected chi connectivity index (χ0v) is 7.66. The molecule has 3 N–H and O–H groups in total. The predicted octanol–water partition coefficient (Wildman–Crippen LogP) is 1.73. The molecular weight excluding hydrogens is 164 g/mol. The lowest BCUT2D eigenvalue weighted by Gasteiger charge is -2.26. The molecule has 2 rings (SSSR count). The monoisotopic (exact) mass is 180 g/mol. The molecule has 1 aliphatic carbocycles. The molecule has 0 saturated heterocycles. The minimum absolute atomic E-state index is 0.0655. The Labute approximate surface area is 78.2 Å². The van der Waals surface area contributed by atoms with Crippen LogP contribution in [0.4, 0.5) is 5.69 Å². The van der Waals surface area contributed by atoms with Gasteiger partial charge in [-0.3, -0.25) is 0 Å². The highest BCUT2D eigenvalue weighted by Gasteiger charge is 2.18. The van der Waals surface area contributed by atoms with Gasteiger partial charge in [-0.15, -0.1) is 0 Å². The fourth-order valence-electron chi connectivity index (χ4n) is 1.87. The van der Waals surface area contributed by atoms with Crippen LogP contribution in [0.5, 0.6) is 0 Å². The first kappa shape index (κ1) is 8.63. The molecule has 0 unspecified atom stereocenters. The first-order chi connectivity index (χ1) is 6.34. The molecule has 0 aliphatic heterocycles. The molecule has 1 fully saturated rings. The van der Waals surface area contributed by atoms with Gasteiger partial charge in [-0.25, -0.2) is 0 Å². The van der Waals surface area contributed by atoms with Crippen LogP contribution < -0.4 is 5.32 Å². The number of hydrogen-bond donors (Lipinski definition) is 3. The van der Waals surface area contributed by atoms with Crippen molar-refractivity contribution >= 4 is 5.69 Å². The molecule has 3 nitrogen and oxygen atoms in total. The minimum Gasteiger partial charge on any atom is -0.393 e. The van der Waals surface area contributed by atoms with Gasteiger partial charge in [0.2, 0.25) is 0 Å². The molecule has 1 heterocycles. The van der Waals surface area contributed by atoms with E-state index in [4.69, 9.17) is 0 Å². The van der Waals surface area contributed by atoms with Gasteiger partial charge in [-0.1, -0.05) is 0 Å². The van der Waals surface area contributed by atoms with Crippen LogP contribution in [0.25, 0.3) is 0 Å². The van der Waals surface area contributed by atoms with Crippen LogP contribution in [0, 0.1) is 0 Å². The van der Waals surface area contributed by atoms with E-state index in [1.165, 1.54) is 0 Å². The van der Waals surface area contributed by atoms with Crippen molar-refractivity contribution in [1.29, 1.82) is 0 Å². The van der Waals surface area contributed by atoms with Crippen LogP contribution in [0.2, 0.25) is 0 Å². The average molecular weight is 180 g/mol. The second-order valence-corrected chi connectivity index (χ2v) is 3.75. The third-order valence-corrected chi connectivity index (χ3v) is 2.67. The quantitative estimate of drug-likeness (QED) is 0.649. The second-order valence-electron chi connectivity index (χ2n) is 3.75. The van der Waals surface area contributed by atoms with Crippen LogP contribution in [0.3, 0.4) is 0 Å². The summed E-state index contributed by atoms with van der Waals surface area (Å²) in [6.45, 7) is 0. The summed E-state index contributed by atoms with van der Waals surface area (Å²) >= 11 is 0. The molecule has 1 aromatic heterocycles. The molecular formula is C10H16N2O. The van der Waals surface area contributed by atoms with Crippen molar-refractivity contribution in [3.8, 4) is 0 Å². The third-order valence-electron chi connectivity index (χ3n) is 2.67. The van der Waals surface area contributed by atoms with Crippen molar-refractivity contribution in [3.05, 3.63) is 18.5 Å². The number of rotatable bonds is 2. The maximum Gasteiger partial charge on any atom is 0.0541 e. The fraction of sp³-hybridized carbons (Fsp3) is 0.600. The van der Waals surface area contributed by atoms with Gasteiger partial charge in [0.1, 0.15) is 0 Å². The van der Waals surface area contributed by atoms with E-state index in [2.05, 4.69) is 10.3 Å². The zero-order valence-electron chi connectivity index (χ0n) is 7.66. The molecule has 3 heteroatoms. The number of H-pyrrole nitrogens is 1. The molecule has 13 heavy (non-hydrogen) atoms. The number of hydrogen-bond acceptors (Lipinski definition) is 2. The fourth-order valence-corrected chi connectivity index (χ4v) is 1.87. The van der Waals surface area contributed by atoms with Gasteiger partial charge >= 0.3 is 0 Å². The summed E-state index contributed by atoms with van der Waals surface area (Å²) in [4.78, 5) is 3.02. The maximum atomic E-state index is 9.32. The van der Waals surface area contributed by atoms with Crippen LogP contribution in [0.15, 0.2) is 18.5 Å². The number of nitrogens with one attached hydrogen (secondary N) is 2. The Balaban J connectivity index is 1.83. The largest absolute Gasteiger partial charge is 0.393 e. The van der Waals surface area contributed by atoms with Gasteiger partial charge in [-0.05, 0) is 31.7 Å². The van der Waals surface area contributed by atoms with Crippen molar-refractivity contribution in [1.82, 2.24) is 4.98 Å². The van der Waals surface area contributed by atoms with Crippen LogP contribution in [-0.4, -0.2) is 22.2 Å². The summed E-state index contributed by atoms with van der Waals surface area (Å²) in [6.07, 6.45) is 7.83. The Bertz CT molecular complexity index is 237. The standard InChI is InChI=1S/C10H16N2O/c13-10-3-1-8(2-4-10)12-9-5-6-11-7-9/h5-8,10-13H,1-4H2/t8-,10-. The van der Waals surface area contributed by atoms with E-state index in [1.807, 2.05) is 18.5 Å². The Morgan fingerprint density at radius 1 is 1.31 bits per heavy atom. The van der Waals surface area contributed by atoms with Crippen molar-refractivity contribution in [2.75, 3.05) is 5.32 Å². The van der Waals surface area contributed by atoms with E-state index < -0.39 is 0 Å². The molecule has 72 valence electrons. The molecule has 0 amide bonds. The van der Waals surface area contributed by atoms with Gasteiger partial charge in [0, 0.05) is 18.4 Å². The van der Waals surface area contributed by atoms with E-state index in [1.54, 1.807) is 0 Å². The lowest BCUT2D eigenvalue weighted by molar-refractivity contribution is 0.126. The number of aliphatic hydroxyl groups is 1. The highest BCUT2D eigenvalue weighted by molar-refractivity contribution is 5.41. The molecule has 0 radical (unpaired) electrons. The van der Waals surface area contributed by atoms with Crippen LogP contribution in [0.1, 0.15) is 25.7 Å². The van der Waals surface area contributed by atoms with Crippen molar-refractivity contribution in [3.63, 3.8) is 0 Å². The molecule has 1 saturated carbocycles. The van der Waals surface area contributed by atoms with E-state index in [0.717, 1.165) is 31.4 Å². The second kappa shape index (κ2) is 3.83. The molecule has 1 aromatic rings. The summed E-state index contributed by atoms with van der Waals surface area (Å²) in [7, 11) is 0. The lowest BCUT2D eigenvalue weighted by Crippen LogP contribution is -2.27. The lowest BCUT2D eigenvalue weighted by atomic mass is 9.93. The van der Waals surface area contributed by atoms with Gasteiger partial charge < -0.3 is 15.4 Å². The number of aromatic nitrogens is 1. The Kier molecular flexibility index (Phi) is 2.54. The summed E-state index contributed by atoms with van der Waals surface area (Å²) in [5, 5.41) is 12.8. The molecule has 1 aliphatic rings. The summed E-state index contributed by atoms with van der Waals surface area (Å²) < 4.78 is 0. The van der Waals surface area contributed by atoms with E-state index in [9.17, 15) is 5.11 Å². The van der Waals surface area contributed by atoms with E-state index in [-0.39, 0.29) is 6.10 Å². The van der Waals surface area contributed by atoms with Gasteiger partial charge in [-0.2, -0.15) is 0 Å². The zero-order chi connectivity index (χ0) is 9.10. The predicted molar refractivity (Wildman–Crippen MR) is 52.7 cm³/mol. The van der Waals surface area contributed by atoms with Crippen molar-refractivity contribution in [2.24, 2.45) is 0 Å². The van der Waals surface area contributed by atoms with E-state index >= 15 is 0 Å². The first-order valence-electron chi connectivity index (χ1n) is 4.92. The van der Waals surface area contributed by atoms with Gasteiger partial charge in [0.25, 0.3) is 0 Å². The van der Waals surface area contributed by atoms with Crippen molar-refractivity contribution in [2.45, 2.75) is 37.8 Å². The molecule has 0 bridgehead atoms. The number of anilines is 1. The number of aliphatic hydroxyl groups excluding tert-OH is 1. The highest BCUT2D eigenvalue weighted by Crippen LogP contribution is 2.21. The SMILES string of the molecule is O[C@H]1CC[C@H](Nc2cc[nH]c2)CC1. The summed E-state index contributed by atoms with van der Waals surface area (Å²) in [5.74, 6) is 0. The summed E-state index contributed by atoms with van der Waals surface area (Å²) in [5.41, 5.74) is 1.15. The molecule has 0 atom stereocenters. The third kappa shape index (κ3) is 2.25. The first-order valence-corrected chi connectivity index (χ1v) is 4.92. The highest BCUT2D eigenvalue weighted by atomic mass is 16.3. The van der Waals surface area contributed by atoms with Crippen molar-refractivity contribution < 1.29 is 5.11 Å². The maximum absolute atomic E-state index is 9.32. The Morgan fingerprint density at radius 3 is 2.69 bits per heavy atom.